The summed E-state index contributed by atoms with van der Waals surface area (Å²) in [4.78, 5) is 12.7. The predicted molar refractivity (Wildman–Crippen MR) is 99.7 cm³/mol. The van der Waals surface area contributed by atoms with Gasteiger partial charge in [-0.1, -0.05) is 31.2 Å². The van der Waals surface area contributed by atoms with Crippen molar-refractivity contribution in [2.45, 2.75) is 26.4 Å². The van der Waals surface area contributed by atoms with Crippen molar-refractivity contribution >= 4 is 5.91 Å². The van der Waals surface area contributed by atoms with E-state index in [-0.39, 0.29) is 23.7 Å². The molecule has 1 amide bonds. The van der Waals surface area contributed by atoms with Crippen LogP contribution in [0.3, 0.4) is 0 Å². The zero-order valence-electron chi connectivity index (χ0n) is 15.1. The lowest BCUT2D eigenvalue weighted by Gasteiger charge is -2.34. The fraction of sp³-hybridized carbons (Fsp3) is 0.381. The first-order chi connectivity index (χ1) is 12.6. The van der Waals surface area contributed by atoms with Crippen molar-refractivity contribution in [1.29, 1.82) is 0 Å². The van der Waals surface area contributed by atoms with E-state index in [1.807, 2.05) is 12.1 Å². The SMILES string of the molecule is CC1(CNC(=O)c2ccccc2OCc2ccc(F)cc2)CCNCC1. The number of amides is 1. The summed E-state index contributed by atoms with van der Waals surface area (Å²) in [5.41, 5.74) is 1.50. The molecule has 138 valence electrons. The summed E-state index contributed by atoms with van der Waals surface area (Å²) in [5, 5.41) is 6.41. The molecular weight excluding hydrogens is 331 g/mol. The van der Waals surface area contributed by atoms with Gasteiger partial charge in [0.1, 0.15) is 18.2 Å². The van der Waals surface area contributed by atoms with E-state index in [1.165, 1.54) is 12.1 Å². The maximum atomic E-state index is 13.0. The topological polar surface area (TPSA) is 50.4 Å². The monoisotopic (exact) mass is 356 g/mol. The molecule has 0 radical (unpaired) electrons. The lowest BCUT2D eigenvalue weighted by atomic mass is 9.81. The number of ether oxygens (including phenoxy) is 1. The summed E-state index contributed by atoms with van der Waals surface area (Å²) in [6.07, 6.45) is 2.10. The van der Waals surface area contributed by atoms with Gasteiger partial charge in [-0.25, -0.2) is 4.39 Å². The zero-order chi connectivity index (χ0) is 18.4. The van der Waals surface area contributed by atoms with Gasteiger partial charge in [-0.15, -0.1) is 0 Å². The van der Waals surface area contributed by atoms with Gasteiger partial charge in [-0.3, -0.25) is 4.79 Å². The zero-order valence-corrected chi connectivity index (χ0v) is 15.1. The summed E-state index contributed by atoms with van der Waals surface area (Å²) in [7, 11) is 0. The molecule has 5 heteroatoms. The molecule has 0 bridgehead atoms. The van der Waals surface area contributed by atoms with Crippen LogP contribution in [0.2, 0.25) is 0 Å². The van der Waals surface area contributed by atoms with Crippen LogP contribution in [0, 0.1) is 11.2 Å². The number of hydrogen-bond acceptors (Lipinski definition) is 3. The molecule has 3 rings (SSSR count). The molecule has 0 saturated carbocycles. The molecule has 26 heavy (non-hydrogen) atoms. The lowest BCUT2D eigenvalue weighted by Crippen LogP contribution is -2.42. The summed E-state index contributed by atoms with van der Waals surface area (Å²) in [6.45, 7) is 5.13. The second kappa shape index (κ2) is 8.32. The first-order valence-corrected chi connectivity index (χ1v) is 9.01. The third-order valence-electron chi connectivity index (χ3n) is 4.93. The van der Waals surface area contributed by atoms with E-state index in [0.29, 0.717) is 17.9 Å². The van der Waals surface area contributed by atoms with Crippen molar-refractivity contribution in [2.75, 3.05) is 19.6 Å². The van der Waals surface area contributed by atoms with Crippen molar-refractivity contribution in [3.05, 3.63) is 65.5 Å². The smallest absolute Gasteiger partial charge is 0.255 e. The second-order valence-corrected chi connectivity index (χ2v) is 7.15. The Morgan fingerprint density at radius 3 is 2.58 bits per heavy atom. The molecule has 4 nitrogen and oxygen atoms in total. The Morgan fingerprint density at radius 2 is 1.85 bits per heavy atom. The third kappa shape index (κ3) is 4.82. The van der Waals surface area contributed by atoms with Crippen molar-refractivity contribution < 1.29 is 13.9 Å². The molecular formula is C21H25FN2O2. The van der Waals surface area contributed by atoms with Crippen LogP contribution < -0.4 is 15.4 Å². The van der Waals surface area contributed by atoms with E-state index in [9.17, 15) is 9.18 Å². The van der Waals surface area contributed by atoms with Gasteiger partial charge in [-0.2, -0.15) is 0 Å². The fourth-order valence-corrected chi connectivity index (χ4v) is 3.12. The average molecular weight is 356 g/mol. The molecule has 2 N–H and O–H groups in total. The molecule has 0 unspecified atom stereocenters. The maximum Gasteiger partial charge on any atom is 0.255 e. The van der Waals surface area contributed by atoms with Crippen molar-refractivity contribution in [3.63, 3.8) is 0 Å². The molecule has 1 heterocycles. The second-order valence-electron chi connectivity index (χ2n) is 7.15. The molecule has 0 aliphatic carbocycles. The van der Waals surface area contributed by atoms with E-state index in [2.05, 4.69) is 17.6 Å². The number of carbonyl (C=O) groups excluding carboxylic acids is 1. The lowest BCUT2D eigenvalue weighted by molar-refractivity contribution is 0.0917. The van der Waals surface area contributed by atoms with Gasteiger partial charge in [0.2, 0.25) is 0 Å². The van der Waals surface area contributed by atoms with Gasteiger partial charge >= 0.3 is 0 Å². The molecule has 2 aromatic carbocycles. The van der Waals surface area contributed by atoms with Gasteiger partial charge in [0.25, 0.3) is 5.91 Å². The van der Waals surface area contributed by atoms with E-state index in [0.717, 1.165) is 31.5 Å². The number of carbonyl (C=O) groups is 1. The highest BCUT2D eigenvalue weighted by atomic mass is 19.1. The third-order valence-corrected chi connectivity index (χ3v) is 4.93. The van der Waals surface area contributed by atoms with Crippen molar-refractivity contribution in [3.8, 4) is 5.75 Å². The quantitative estimate of drug-likeness (QED) is 0.833. The van der Waals surface area contributed by atoms with E-state index in [1.54, 1.807) is 24.3 Å². The Hall–Kier alpha value is -2.40. The first-order valence-electron chi connectivity index (χ1n) is 9.01. The van der Waals surface area contributed by atoms with E-state index >= 15 is 0 Å². The van der Waals surface area contributed by atoms with E-state index < -0.39 is 0 Å². The highest BCUT2D eigenvalue weighted by molar-refractivity contribution is 5.96. The fourth-order valence-electron chi connectivity index (χ4n) is 3.12. The summed E-state index contributed by atoms with van der Waals surface area (Å²) >= 11 is 0. The number of halogens is 1. The molecule has 1 aliphatic heterocycles. The minimum Gasteiger partial charge on any atom is -0.488 e. The van der Waals surface area contributed by atoms with Crippen LogP contribution in [0.15, 0.2) is 48.5 Å². The van der Waals surface area contributed by atoms with Crippen molar-refractivity contribution in [1.82, 2.24) is 10.6 Å². The first kappa shape index (κ1) is 18.4. The van der Waals surface area contributed by atoms with Crippen LogP contribution in [0.5, 0.6) is 5.75 Å². The molecule has 2 aromatic rings. The van der Waals surface area contributed by atoms with Crippen LogP contribution in [0.4, 0.5) is 4.39 Å². The Kier molecular flexibility index (Phi) is 5.89. The molecule has 0 atom stereocenters. The Bertz CT molecular complexity index is 740. The van der Waals surface area contributed by atoms with Gasteiger partial charge in [0, 0.05) is 6.54 Å². The molecule has 1 saturated heterocycles. The number of nitrogens with one attached hydrogen (secondary N) is 2. The number of rotatable bonds is 6. The Morgan fingerprint density at radius 1 is 1.15 bits per heavy atom. The predicted octanol–water partition coefficient (Wildman–Crippen LogP) is 3.52. The van der Waals surface area contributed by atoms with Gasteiger partial charge in [0.15, 0.2) is 0 Å². The number of hydrogen-bond donors (Lipinski definition) is 2. The summed E-state index contributed by atoms with van der Waals surface area (Å²) < 4.78 is 18.8. The number of benzene rings is 2. The summed E-state index contributed by atoms with van der Waals surface area (Å²) in [6, 6.07) is 13.4. The van der Waals surface area contributed by atoms with Crippen LogP contribution in [0.1, 0.15) is 35.7 Å². The van der Waals surface area contributed by atoms with Crippen LogP contribution in [0.25, 0.3) is 0 Å². The largest absolute Gasteiger partial charge is 0.488 e. The Labute approximate surface area is 153 Å². The number of para-hydroxylation sites is 1. The summed E-state index contributed by atoms with van der Waals surface area (Å²) in [5.74, 6) is 0.129. The Balaban J connectivity index is 1.62. The molecule has 1 fully saturated rings. The highest BCUT2D eigenvalue weighted by Gasteiger charge is 2.27. The minimum absolute atomic E-state index is 0.125. The van der Waals surface area contributed by atoms with Gasteiger partial charge in [-0.05, 0) is 61.2 Å². The molecule has 1 aliphatic rings. The van der Waals surface area contributed by atoms with Crippen LogP contribution in [-0.4, -0.2) is 25.5 Å². The van der Waals surface area contributed by atoms with Gasteiger partial charge in [0.05, 0.1) is 5.56 Å². The molecule has 0 spiro atoms. The highest BCUT2D eigenvalue weighted by Crippen LogP contribution is 2.27. The van der Waals surface area contributed by atoms with Crippen LogP contribution >= 0.6 is 0 Å². The van der Waals surface area contributed by atoms with Gasteiger partial charge < -0.3 is 15.4 Å². The van der Waals surface area contributed by atoms with Crippen LogP contribution in [-0.2, 0) is 6.61 Å². The normalized spacial score (nSPS) is 16.1. The van der Waals surface area contributed by atoms with Crippen molar-refractivity contribution in [2.24, 2.45) is 5.41 Å². The maximum absolute atomic E-state index is 13.0. The minimum atomic E-state index is -0.278. The number of piperidine rings is 1. The molecule has 0 aromatic heterocycles. The van der Waals surface area contributed by atoms with E-state index in [4.69, 9.17) is 4.74 Å². The average Bonchev–Trinajstić information content (AvgIpc) is 2.67. The standard InChI is InChI=1S/C21H25FN2O2/c1-21(10-12-23-13-11-21)15-24-20(25)18-4-2-3-5-19(18)26-14-16-6-8-17(22)9-7-16/h2-9,23H,10-15H2,1H3,(H,24,25).